The smallest absolute Gasteiger partial charge is 0.283 e. The Bertz CT molecular complexity index is 1740. The third kappa shape index (κ3) is 3.65. The Kier molecular flexibility index (Phi) is 5.31. The second-order valence-corrected chi connectivity index (χ2v) is 9.93. The SMILES string of the molecule is O=c1c2c(nc(-c3cc(F)c(F)cc3C3CC3)n1Cc1cc(C(F)F)no1)sc1c(O)c(Cl)ccc12. The molecule has 3 aromatic heterocycles. The molecule has 0 bridgehead atoms. The molecule has 1 N–H and O–H groups in total. The van der Waals surface area contributed by atoms with Gasteiger partial charge in [0.2, 0.25) is 0 Å². The van der Waals surface area contributed by atoms with Crippen molar-refractivity contribution in [2.24, 2.45) is 0 Å². The molecular weight excluding hydrogens is 522 g/mol. The Morgan fingerprint density at radius 2 is 1.94 bits per heavy atom. The lowest BCUT2D eigenvalue weighted by molar-refractivity contribution is 0.140. The maximum absolute atomic E-state index is 14.4. The van der Waals surface area contributed by atoms with Crippen LogP contribution in [0, 0.1) is 11.6 Å². The average Bonchev–Trinajstić information content (AvgIpc) is 3.45. The van der Waals surface area contributed by atoms with Crippen molar-refractivity contribution in [1.82, 2.24) is 14.7 Å². The third-order valence-electron chi connectivity index (χ3n) is 6.15. The molecule has 6 rings (SSSR count). The lowest BCUT2D eigenvalue weighted by atomic mass is 10.0. The highest BCUT2D eigenvalue weighted by molar-refractivity contribution is 7.25. The van der Waals surface area contributed by atoms with Crippen LogP contribution in [0.1, 0.15) is 42.2 Å². The lowest BCUT2D eigenvalue weighted by Gasteiger charge is -2.15. The number of rotatable bonds is 5. The van der Waals surface area contributed by atoms with Gasteiger partial charge in [-0.3, -0.25) is 9.36 Å². The molecule has 184 valence electrons. The molecule has 0 aliphatic heterocycles. The van der Waals surface area contributed by atoms with Crippen LogP contribution in [0.15, 0.2) is 39.6 Å². The van der Waals surface area contributed by atoms with Crippen LogP contribution in [-0.4, -0.2) is 19.8 Å². The van der Waals surface area contributed by atoms with Crippen LogP contribution < -0.4 is 5.56 Å². The van der Waals surface area contributed by atoms with E-state index in [2.05, 4.69) is 10.1 Å². The molecular formula is C24H14ClF4N3O3S. The van der Waals surface area contributed by atoms with Gasteiger partial charge in [0, 0.05) is 17.0 Å². The lowest BCUT2D eigenvalue weighted by Crippen LogP contribution is -2.24. The number of phenols is 1. The van der Waals surface area contributed by atoms with E-state index in [1.807, 2.05) is 0 Å². The zero-order valence-corrected chi connectivity index (χ0v) is 19.6. The Balaban J connectivity index is 1.66. The van der Waals surface area contributed by atoms with Crippen molar-refractivity contribution in [3.8, 4) is 17.1 Å². The van der Waals surface area contributed by atoms with E-state index in [1.165, 1.54) is 6.07 Å². The van der Waals surface area contributed by atoms with Gasteiger partial charge in [0.25, 0.3) is 12.0 Å². The van der Waals surface area contributed by atoms with Gasteiger partial charge in [0.05, 0.1) is 21.7 Å². The van der Waals surface area contributed by atoms with Crippen LogP contribution in [0.5, 0.6) is 5.75 Å². The summed E-state index contributed by atoms with van der Waals surface area (Å²) < 4.78 is 61.2. The van der Waals surface area contributed by atoms with Crippen LogP contribution in [0.3, 0.4) is 0 Å². The van der Waals surface area contributed by atoms with E-state index in [1.54, 1.807) is 6.07 Å². The summed E-state index contributed by atoms with van der Waals surface area (Å²) in [4.78, 5) is 18.7. The quantitative estimate of drug-likeness (QED) is 0.251. The molecule has 2 aromatic carbocycles. The van der Waals surface area contributed by atoms with Gasteiger partial charge in [0.15, 0.2) is 23.1 Å². The molecule has 1 fully saturated rings. The Labute approximate surface area is 208 Å². The summed E-state index contributed by atoms with van der Waals surface area (Å²) in [7, 11) is 0. The first-order chi connectivity index (χ1) is 17.2. The van der Waals surface area contributed by atoms with Crippen molar-refractivity contribution in [2.45, 2.75) is 31.7 Å². The van der Waals surface area contributed by atoms with Crippen molar-refractivity contribution in [3.05, 3.63) is 74.4 Å². The number of alkyl halides is 2. The molecule has 0 spiro atoms. The molecule has 1 saturated carbocycles. The molecule has 0 atom stereocenters. The van der Waals surface area contributed by atoms with Crippen LogP contribution in [-0.2, 0) is 6.54 Å². The number of aromatic nitrogens is 3. The van der Waals surface area contributed by atoms with Crippen LogP contribution >= 0.6 is 22.9 Å². The monoisotopic (exact) mass is 535 g/mol. The molecule has 1 aliphatic carbocycles. The number of benzene rings is 2. The standard InChI is InChI=1S/C24H14ClF4N3O3S/c25-14-4-3-11-18-23(36-20(11)19(14)33)30-22(13-7-16(27)15(26)6-12(13)9-1-2-9)32(24(18)34)8-10-5-17(21(28)29)31-35-10/h3-7,9,21,33H,1-2,8H2. The van der Waals surface area contributed by atoms with E-state index in [-0.39, 0.29) is 50.6 Å². The van der Waals surface area contributed by atoms with Gasteiger partial charge >= 0.3 is 0 Å². The van der Waals surface area contributed by atoms with Gasteiger partial charge in [-0.2, -0.15) is 0 Å². The molecule has 0 amide bonds. The summed E-state index contributed by atoms with van der Waals surface area (Å²) in [6.07, 6.45) is -1.35. The fourth-order valence-electron chi connectivity index (χ4n) is 4.29. The molecule has 36 heavy (non-hydrogen) atoms. The molecule has 0 saturated heterocycles. The molecule has 5 aromatic rings. The fourth-order valence-corrected chi connectivity index (χ4v) is 5.61. The van der Waals surface area contributed by atoms with E-state index >= 15 is 0 Å². The minimum atomic E-state index is -2.87. The Morgan fingerprint density at radius 3 is 2.64 bits per heavy atom. The van der Waals surface area contributed by atoms with Crippen molar-refractivity contribution in [1.29, 1.82) is 0 Å². The topological polar surface area (TPSA) is 81.2 Å². The second-order valence-electron chi connectivity index (χ2n) is 8.53. The number of fused-ring (bicyclic) bond motifs is 3. The first kappa shape index (κ1) is 23.0. The molecule has 0 unspecified atom stereocenters. The Morgan fingerprint density at radius 1 is 1.19 bits per heavy atom. The zero-order chi connectivity index (χ0) is 25.3. The second kappa shape index (κ2) is 8.31. The minimum absolute atomic E-state index is 0.0143. The molecule has 3 heterocycles. The summed E-state index contributed by atoms with van der Waals surface area (Å²) in [5.74, 6) is -2.41. The highest BCUT2D eigenvalue weighted by Crippen LogP contribution is 2.46. The zero-order valence-electron chi connectivity index (χ0n) is 18.1. The summed E-state index contributed by atoms with van der Waals surface area (Å²) in [6, 6.07) is 6.12. The van der Waals surface area contributed by atoms with Crippen molar-refractivity contribution in [2.75, 3.05) is 0 Å². The number of hydrogen-bond donors (Lipinski definition) is 1. The summed E-state index contributed by atoms with van der Waals surface area (Å²) in [5.41, 5.74) is -0.472. The van der Waals surface area contributed by atoms with Gasteiger partial charge in [-0.25, -0.2) is 22.5 Å². The number of thiophene rings is 1. The van der Waals surface area contributed by atoms with E-state index < -0.39 is 29.3 Å². The maximum Gasteiger partial charge on any atom is 0.283 e. The van der Waals surface area contributed by atoms with Gasteiger partial charge in [-0.1, -0.05) is 22.8 Å². The van der Waals surface area contributed by atoms with Crippen molar-refractivity contribution >= 4 is 43.2 Å². The summed E-state index contributed by atoms with van der Waals surface area (Å²) >= 11 is 7.06. The van der Waals surface area contributed by atoms with Gasteiger partial charge in [-0.15, -0.1) is 11.3 Å². The third-order valence-corrected chi connectivity index (χ3v) is 7.56. The van der Waals surface area contributed by atoms with E-state index in [0.717, 1.165) is 46.9 Å². The summed E-state index contributed by atoms with van der Waals surface area (Å²) in [6.45, 7) is -0.336. The maximum atomic E-state index is 14.4. The highest BCUT2D eigenvalue weighted by atomic mass is 35.5. The van der Waals surface area contributed by atoms with E-state index in [9.17, 15) is 27.5 Å². The predicted octanol–water partition coefficient (Wildman–Crippen LogP) is 6.77. The van der Waals surface area contributed by atoms with E-state index in [4.69, 9.17) is 16.1 Å². The first-order valence-electron chi connectivity index (χ1n) is 10.8. The van der Waals surface area contributed by atoms with Crippen LogP contribution in [0.25, 0.3) is 31.7 Å². The highest BCUT2D eigenvalue weighted by Gasteiger charge is 2.30. The first-order valence-corrected chi connectivity index (χ1v) is 12.0. The van der Waals surface area contributed by atoms with Crippen LogP contribution in [0.2, 0.25) is 5.02 Å². The number of hydrogen-bond acceptors (Lipinski definition) is 6. The summed E-state index contributed by atoms with van der Waals surface area (Å²) in [5, 5.41) is 14.4. The van der Waals surface area contributed by atoms with E-state index in [0.29, 0.717) is 15.6 Å². The van der Waals surface area contributed by atoms with Crippen molar-refractivity contribution < 1.29 is 27.2 Å². The fraction of sp³-hybridized carbons (Fsp3) is 0.208. The normalized spacial score (nSPS) is 13.9. The number of nitrogens with zero attached hydrogens (tertiary/aromatic N) is 3. The Hall–Kier alpha value is -3.44. The van der Waals surface area contributed by atoms with Crippen LogP contribution in [0.4, 0.5) is 17.6 Å². The van der Waals surface area contributed by atoms with Crippen molar-refractivity contribution in [3.63, 3.8) is 0 Å². The molecule has 1 aliphatic rings. The van der Waals surface area contributed by atoms with Gasteiger partial charge < -0.3 is 9.63 Å². The van der Waals surface area contributed by atoms with Gasteiger partial charge in [0.1, 0.15) is 16.3 Å². The minimum Gasteiger partial charge on any atom is -0.505 e. The number of halogens is 5. The molecule has 6 nitrogen and oxygen atoms in total. The average molecular weight is 536 g/mol. The van der Waals surface area contributed by atoms with Gasteiger partial charge in [-0.05, 0) is 42.5 Å². The number of phenolic OH excluding ortho intramolecular Hbond substituents is 1. The molecule has 12 heteroatoms. The predicted molar refractivity (Wildman–Crippen MR) is 126 cm³/mol. The largest absolute Gasteiger partial charge is 0.505 e. The number of aromatic hydroxyl groups is 1. The molecule has 0 radical (unpaired) electrons.